The first-order valence-corrected chi connectivity index (χ1v) is 6.18. The molecule has 0 aromatic rings. The fourth-order valence-corrected chi connectivity index (χ4v) is 1.47. The molecule has 0 aromatic carbocycles. The number of carbonyl (C=O) groups excluding carboxylic acids is 3. The van der Waals surface area contributed by atoms with Crippen molar-refractivity contribution in [2.24, 2.45) is 5.73 Å². The van der Waals surface area contributed by atoms with Gasteiger partial charge in [0, 0.05) is 13.3 Å². The van der Waals surface area contributed by atoms with Crippen LogP contribution in [0, 0.1) is 0 Å². The Bertz CT molecular complexity index is 439. The van der Waals surface area contributed by atoms with Gasteiger partial charge in [0.05, 0.1) is 6.54 Å². The molecular formula is C14H21N3O3. The van der Waals surface area contributed by atoms with E-state index >= 15 is 0 Å². The summed E-state index contributed by atoms with van der Waals surface area (Å²) in [6.07, 6.45) is 7.20. The van der Waals surface area contributed by atoms with E-state index in [-0.39, 0.29) is 18.9 Å². The summed E-state index contributed by atoms with van der Waals surface area (Å²) >= 11 is 0. The lowest BCUT2D eigenvalue weighted by Gasteiger charge is -2.16. The van der Waals surface area contributed by atoms with Crippen LogP contribution in [0.5, 0.6) is 0 Å². The zero-order chi connectivity index (χ0) is 15.5. The third-order valence-electron chi connectivity index (χ3n) is 2.33. The Kier molecular flexibility index (Phi) is 8.41. The van der Waals surface area contributed by atoms with Gasteiger partial charge in [-0.2, -0.15) is 0 Å². The van der Waals surface area contributed by atoms with Gasteiger partial charge in [-0.1, -0.05) is 30.9 Å². The van der Waals surface area contributed by atoms with Crippen molar-refractivity contribution in [2.45, 2.75) is 26.3 Å². The third kappa shape index (κ3) is 7.86. The smallest absolute Gasteiger partial charge is 0.240 e. The predicted octanol–water partition coefficient (Wildman–Crippen LogP) is 0.171. The van der Waals surface area contributed by atoms with Gasteiger partial charge in [0.15, 0.2) is 0 Å². The number of nitrogens with two attached hydrogens (primary N) is 1. The van der Waals surface area contributed by atoms with Gasteiger partial charge < -0.3 is 16.4 Å². The highest BCUT2D eigenvalue weighted by Gasteiger charge is 2.18. The molecule has 6 heteroatoms. The van der Waals surface area contributed by atoms with E-state index in [9.17, 15) is 14.4 Å². The van der Waals surface area contributed by atoms with Gasteiger partial charge in [0.25, 0.3) is 0 Å². The van der Waals surface area contributed by atoms with Gasteiger partial charge in [0.1, 0.15) is 6.04 Å². The van der Waals surface area contributed by atoms with Gasteiger partial charge in [-0.3, -0.25) is 14.4 Å². The van der Waals surface area contributed by atoms with E-state index in [0.29, 0.717) is 0 Å². The number of hydrogen-bond donors (Lipinski definition) is 3. The molecule has 0 aliphatic carbocycles. The van der Waals surface area contributed by atoms with E-state index in [0.717, 1.165) is 5.57 Å². The molecule has 0 saturated heterocycles. The molecule has 0 bridgehead atoms. The summed E-state index contributed by atoms with van der Waals surface area (Å²) in [7, 11) is 0. The van der Waals surface area contributed by atoms with Crippen LogP contribution < -0.4 is 16.4 Å². The third-order valence-corrected chi connectivity index (χ3v) is 2.33. The number of nitrogens with one attached hydrogen (secondary N) is 2. The maximum absolute atomic E-state index is 11.6. The fourth-order valence-electron chi connectivity index (χ4n) is 1.47. The van der Waals surface area contributed by atoms with Crippen LogP contribution in [0.25, 0.3) is 0 Å². The molecule has 20 heavy (non-hydrogen) atoms. The predicted molar refractivity (Wildman–Crippen MR) is 77.5 cm³/mol. The van der Waals surface area contributed by atoms with Crippen LogP contribution in [-0.2, 0) is 14.4 Å². The summed E-state index contributed by atoms with van der Waals surface area (Å²) in [5, 5.41) is 4.83. The molecule has 0 spiro atoms. The first kappa shape index (κ1) is 17.6. The maximum atomic E-state index is 11.6. The molecule has 0 radical (unpaired) electrons. The lowest BCUT2D eigenvalue weighted by molar-refractivity contribution is -0.128. The lowest BCUT2D eigenvalue weighted by Crippen LogP contribution is -2.47. The van der Waals surface area contributed by atoms with E-state index in [1.54, 1.807) is 18.2 Å². The minimum absolute atomic E-state index is 0.191. The molecule has 0 fully saturated rings. The van der Waals surface area contributed by atoms with Crippen LogP contribution in [0.3, 0.4) is 0 Å². The summed E-state index contributed by atoms with van der Waals surface area (Å²) < 4.78 is 0. The van der Waals surface area contributed by atoms with Crippen molar-refractivity contribution in [3.05, 3.63) is 36.5 Å². The minimum Gasteiger partial charge on any atom is -0.368 e. The van der Waals surface area contributed by atoms with Crippen molar-refractivity contribution in [3.8, 4) is 0 Å². The van der Waals surface area contributed by atoms with E-state index in [2.05, 4.69) is 17.2 Å². The lowest BCUT2D eigenvalue weighted by atomic mass is 10.0. The fraction of sp³-hybridized carbons (Fsp3) is 0.357. The average molecular weight is 279 g/mol. The zero-order valence-corrected chi connectivity index (χ0v) is 11.8. The Morgan fingerprint density at radius 2 is 2.00 bits per heavy atom. The van der Waals surface area contributed by atoms with Crippen LogP contribution in [0.2, 0.25) is 0 Å². The SMILES string of the molecule is C=C/C=C(\C=C/C)CC(NC(=O)CNC(C)=O)C(N)=O. The normalized spacial score (nSPS) is 12.8. The molecule has 0 heterocycles. The topological polar surface area (TPSA) is 101 Å². The van der Waals surface area contributed by atoms with Crippen molar-refractivity contribution in [1.82, 2.24) is 10.6 Å². The largest absolute Gasteiger partial charge is 0.368 e. The molecule has 3 amide bonds. The second kappa shape index (κ2) is 9.55. The minimum atomic E-state index is -0.835. The molecule has 110 valence electrons. The first-order chi connectivity index (χ1) is 9.40. The summed E-state index contributed by atoms with van der Waals surface area (Å²) in [6, 6.07) is -0.835. The van der Waals surface area contributed by atoms with Crippen LogP contribution in [-0.4, -0.2) is 30.3 Å². The zero-order valence-electron chi connectivity index (χ0n) is 11.8. The monoisotopic (exact) mass is 279 g/mol. The summed E-state index contributed by atoms with van der Waals surface area (Å²) in [4.78, 5) is 33.6. The first-order valence-electron chi connectivity index (χ1n) is 6.18. The van der Waals surface area contributed by atoms with Gasteiger partial charge in [-0.15, -0.1) is 0 Å². The maximum Gasteiger partial charge on any atom is 0.240 e. The molecule has 0 aliphatic heterocycles. The Labute approximate surface area is 118 Å². The van der Waals surface area contributed by atoms with E-state index in [4.69, 9.17) is 5.73 Å². The Morgan fingerprint density at radius 3 is 2.45 bits per heavy atom. The number of hydrogen-bond acceptors (Lipinski definition) is 3. The average Bonchev–Trinajstić information content (AvgIpc) is 2.36. The molecule has 4 N–H and O–H groups in total. The van der Waals surface area contributed by atoms with Crippen molar-refractivity contribution >= 4 is 17.7 Å². The number of primary amides is 1. The Hall–Kier alpha value is -2.37. The highest BCUT2D eigenvalue weighted by molar-refractivity contribution is 5.89. The molecule has 1 atom stereocenters. The Balaban J connectivity index is 4.68. The summed E-state index contributed by atoms with van der Waals surface area (Å²) in [5.41, 5.74) is 6.07. The quantitative estimate of drug-likeness (QED) is 0.552. The molecule has 0 aromatic heterocycles. The van der Waals surface area contributed by atoms with Crippen LogP contribution >= 0.6 is 0 Å². The van der Waals surface area contributed by atoms with E-state index < -0.39 is 17.9 Å². The summed E-state index contributed by atoms with van der Waals surface area (Å²) in [5.74, 6) is -1.43. The summed E-state index contributed by atoms with van der Waals surface area (Å²) in [6.45, 7) is 6.53. The molecule has 1 unspecified atom stereocenters. The Morgan fingerprint density at radius 1 is 1.35 bits per heavy atom. The van der Waals surface area contributed by atoms with Crippen molar-refractivity contribution in [3.63, 3.8) is 0 Å². The van der Waals surface area contributed by atoms with Crippen molar-refractivity contribution in [2.75, 3.05) is 6.54 Å². The van der Waals surface area contributed by atoms with E-state index in [1.807, 2.05) is 13.0 Å². The second-order valence-electron chi connectivity index (χ2n) is 4.11. The van der Waals surface area contributed by atoms with Gasteiger partial charge >= 0.3 is 0 Å². The molecular weight excluding hydrogens is 258 g/mol. The highest BCUT2D eigenvalue weighted by Crippen LogP contribution is 2.08. The number of rotatable bonds is 8. The second-order valence-corrected chi connectivity index (χ2v) is 4.11. The van der Waals surface area contributed by atoms with E-state index in [1.165, 1.54) is 6.92 Å². The number of allylic oxidation sites excluding steroid dienone is 4. The van der Waals surface area contributed by atoms with Crippen molar-refractivity contribution in [1.29, 1.82) is 0 Å². The van der Waals surface area contributed by atoms with Gasteiger partial charge in [0.2, 0.25) is 17.7 Å². The van der Waals surface area contributed by atoms with Crippen molar-refractivity contribution < 1.29 is 14.4 Å². The van der Waals surface area contributed by atoms with Crippen LogP contribution in [0.15, 0.2) is 36.5 Å². The van der Waals surface area contributed by atoms with Gasteiger partial charge in [-0.05, 0) is 12.5 Å². The molecule has 6 nitrogen and oxygen atoms in total. The van der Waals surface area contributed by atoms with Crippen LogP contribution in [0.4, 0.5) is 0 Å². The molecule has 0 rings (SSSR count). The number of amides is 3. The standard InChI is InChI=1S/C14H21N3O3/c1-4-6-11(7-5-2)8-12(14(15)20)17-13(19)9-16-10(3)18/h4-7,12H,1,8-9H2,2-3H3,(H2,15,20)(H,16,18)(H,17,19)/b7-5-,11-6+. The molecule has 0 aliphatic rings. The number of carbonyl (C=O) groups is 3. The van der Waals surface area contributed by atoms with Gasteiger partial charge in [-0.25, -0.2) is 0 Å². The van der Waals surface area contributed by atoms with Crippen LogP contribution in [0.1, 0.15) is 20.3 Å². The molecule has 0 saturated carbocycles. The highest BCUT2D eigenvalue weighted by atomic mass is 16.2.